The molecule has 1 atom stereocenters. The fourth-order valence-corrected chi connectivity index (χ4v) is 4.91. The van der Waals surface area contributed by atoms with Crippen LogP contribution in [0.4, 0.5) is 18.2 Å². The molecule has 0 radical (unpaired) electrons. The van der Waals surface area contributed by atoms with Gasteiger partial charge < -0.3 is 15.4 Å². The van der Waals surface area contributed by atoms with E-state index in [1.807, 2.05) is 5.32 Å². The van der Waals surface area contributed by atoms with Crippen molar-refractivity contribution < 1.29 is 32.3 Å². The molecule has 0 unspecified atom stereocenters. The molecule has 1 heterocycles. The highest BCUT2D eigenvalue weighted by Crippen LogP contribution is 2.39. The maximum atomic E-state index is 12.8. The van der Waals surface area contributed by atoms with Crippen LogP contribution in [-0.2, 0) is 27.2 Å². The fraction of sp³-hybridized carbons (Fsp3) is 0.409. The number of rotatable bonds is 7. The molecule has 6 nitrogen and oxygen atoms in total. The van der Waals surface area contributed by atoms with Gasteiger partial charge in [0.15, 0.2) is 0 Å². The average molecular weight is 468 g/mol. The number of aryl methyl sites for hydroxylation is 1. The van der Waals surface area contributed by atoms with Crippen molar-refractivity contribution in [2.24, 2.45) is 0 Å². The molecule has 2 amide bonds. The molecule has 0 spiro atoms. The summed E-state index contributed by atoms with van der Waals surface area (Å²) in [5.74, 6) is -3.28. The Balaban J connectivity index is 1.82. The van der Waals surface area contributed by atoms with Gasteiger partial charge in [-0.1, -0.05) is 30.3 Å². The first-order chi connectivity index (χ1) is 15.2. The second kappa shape index (κ2) is 10.2. The van der Waals surface area contributed by atoms with E-state index in [0.29, 0.717) is 22.5 Å². The highest BCUT2D eigenvalue weighted by molar-refractivity contribution is 7.17. The Morgan fingerprint density at radius 3 is 2.47 bits per heavy atom. The highest BCUT2D eigenvalue weighted by Gasteiger charge is 2.40. The Labute approximate surface area is 187 Å². The zero-order valence-electron chi connectivity index (χ0n) is 17.4. The first-order valence-electron chi connectivity index (χ1n) is 10.2. The Bertz CT molecular complexity index is 989. The van der Waals surface area contributed by atoms with Gasteiger partial charge >= 0.3 is 18.1 Å². The van der Waals surface area contributed by atoms with Gasteiger partial charge in [-0.2, -0.15) is 13.2 Å². The summed E-state index contributed by atoms with van der Waals surface area (Å²) in [4.78, 5) is 37.8. The fourth-order valence-electron chi connectivity index (χ4n) is 3.61. The van der Waals surface area contributed by atoms with E-state index in [4.69, 9.17) is 4.74 Å². The van der Waals surface area contributed by atoms with Crippen LogP contribution in [0.5, 0.6) is 0 Å². The van der Waals surface area contributed by atoms with Gasteiger partial charge in [0, 0.05) is 4.88 Å². The Morgan fingerprint density at radius 2 is 1.81 bits per heavy atom. The average Bonchev–Trinajstić information content (AvgIpc) is 3.11. The molecule has 32 heavy (non-hydrogen) atoms. The number of esters is 1. The number of amides is 2. The number of thiophene rings is 1. The summed E-state index contributed by atoms with van der Waals surface area (Å²) in [7, 11) is 0. The van der Waals surface area contributed by atoms with Crippen molar-refractivity contribution in [3.05, 3.63) is 51.9 Å². The predicted octanol–water partition coefficient (Wildman–Crippen LogP) is 4.55. The van der Waals surface area contributed by atoms with Crippen LogP contribution in [0.2, 0.25) is 0 Å². The number of alkyl halides is 3. The molecule has 1 aliphatic carbocycles. The first-order valence-corrected chi connectivity index (χ1v) is 11.1. The number of hydrogen-bond donors (Lipinski definition) is 2. The van der Waals surface area contributed by atoms with Gasteiger partial charge in [0.2, 0.25) is 5.91 Å². The molecule has 1 aliphatic rings. The van der Waals surface area contributed by atoms with Crippen molar-refractivity contribution in [3.63, 3.8) is 0 Å². The third-order valence-corrected chi connectivity index (χ3v) is 6.27. The number of nitrogens with one attached hydrogen (secondary N) is 2. The second-order valence-electron chi connectivity index (χ2n) is 7.32. The molecule has 2 aromatic rings. The number of benzene rings is 1. The number of hydrogen-bond acceptors (Lipinski definition) is 5. The highest BCUT2D eigenvalue weighted by atomic mass is 32.1. The lowest BCUT2D eigenvalue weighted by atomic mass is 9.95. The summed E-state index contributed by atoms with van der Waals surface area (Å²) in [6.45, 7) is 1.86. The van der Waals surface area contributed by atoms with E-state index in [2.05, 4.69) is 5.32 Å². The number of carbonyl (C=O) groups is 3. The molecule has 10 heteroatoms. The lowest BCUT2D eigenvalue weighted by Gasteiger charge is -2.20. The minimum atomic E-state index is -5.08. The molecule has 0 bridgehead atoms. The summed E-state index contributed by atoms with van der Waals surface area (Å²) in [5.41, 5.74) is 1.53. The normalized spacial score (nSPS) is 14.2. The van der Waals surface area contributed by atoms with E-state index >= 15 is 0 Å². The zero-order valence-corrected chi connectivity index (χ0v) is 18.2. The third kappa shape index (κ3) is 5.67. The SMILES string of the molecule is CCOC(=O)c1c(NC(=O)C[C@@H](NC(=O)C(F)(F)F)c2ccccc2)sc2c1CCCC2. The Hall–Kier alpha value is -2.88. The topological polar surface area (TPSA) is 84.5 Å². The molecule has 0 saturated heterocycles. The van der Waals surface area contributed by atoms with E-state index in [0.717, 1.165) is 29.7 Å². The molecule has 0 aliphatic heterocycles. The van der Waals surface area contributed by atoms with E-state index in [-0.39, 0.29) is 6.61 Å². The van der Waals surface area contributed by atoms with Crippen LogP contribution in [0.25, 0.3) is 0 Å². The number of carbonyl (C=O) groups excluding carboxylic acids is 3. The van der Waals surface area contributed by atoms with E-state index in [9.17, 15) is 27.6 Å². The van der Waals surface area contributed by atoms with Crippen molar-refractivity contribution in [3.8, 4) is 0 Å². The van der Waals surface area contributed by atoms with Crippen LogP contribution in [-0.4, -0.2) is 30.6 Å². The van der Waals surface area contributed by atoms with E-state index in [1.165, 1.54) is 23.5 Å². The maximum absolute atomic E-state index is 12.8. The second-order valence-corrected chi connectivity index (χ2v) is 8.43. The molecule has 172 valence electrons. The van der Waals surface area contributed by atoms with Gasteiger partial charge in [-0.05, 0) is 43.7 Å². The first kappa shape index (κ1) is 23.8. The Kier molecular flexibility index (Phi) is 7.55. The van der Waals surface area contributed by atoms with Crippen molar-refractivity contribution in [1.82, 2.24) is 5.32 Å². The molecular weight excluding hydrogens is 445 g/mol. The van der Waals surface area contributed by atoms with Crippen LogP contribution in [0.1, 0.15) is 58.6 Å². The Morgan fingerprint density at radius 1 is 1.12 bits per heavy atom. The number of anilines is 1. The third-order valence-electron chi connectivity index (χ3n) is 5.06. The number of halogens is 3. The number of fused-ring (bicyclic) bond motifs is 1. The summed E-state index contributed by atoms with van der Waals surface area (Å²) >= 11 is 1.29. The zero-order chi connectivity index (χ0) is 23.3. The largest absolute Gasteiger partial charge is 0.471 e. The summed E-state index contributed by atoms with van der Waals surface area (Å²) in [6.07, 6.45) is -2.13. The van der Waals surface area contributed by atoms with Gasteiger partial charge in [0.25, 0.3) is 0 Å². The van der Waals surface area contributed by atoms with Crippen LogP contribution in [0, 0.1) is 0 Å². The smallest absolute Gasteiger partial charge is 0.462 e. The molecule has 1 aromatic heterocycles. The van der Waals surface area contributed by atoms with Crippen LogP contribution >= 0.6 is 11.3 Å². The van der Waals surface area contributed by atoms with Crippen molar-refractivity contribution >= 4 is 34.1 Å². The summed E-state index contributed by atoms with van der Waals surface area (Å²) in [6, 6.07) is 6.75. The molecule has 2 N–H and O–H groups in total. The molecule has 3 rings (SSSR count). The van der Waals surface area contributed by atoms with Gasteiger partial charge in [-0.25, -0.2) is 4.79 Å². The van der Waals surface area contributed by atoms with Gasteiger partial charge in [-0.3, -0.25) is 9.59 Å². The monoisotopic (exact) mass is 468 g/mol. The van der Waals surface area contributed by atoms with Crippen LogP contribution in [0.3, 0.4) is 0 Å². The van der Waals surface area contributed by atoms with Crippen molar-refractivity contribution in [2.75, 3.05) is 11.9 Å². The minimum absolute atomic E-state index is 0.177. The molecular formula is C22H23F3N2O4S. The van der Waals surface area contributed by atoms with Gasteiger partial charge in [0.1, 0.15) is 5.00 Å². The predicted molar refractivity (Wildman–Crippen MR) is 114 cm³/mol. The van der Waals surface area contributed by atoms with Crippen LogP contribution in [0.15, 0.2) is 30.3 Å². The lowest BCUT2D eigenvalue weighted by molar-refractivity contribution is -0.174. The van der Waals surface area contributed by atoms with E-state index < -0.39 is 36.4 Å². The van der Waals surface area contributed by atoms with Gasteiger partial charge in [-0.15, -0.1) is 11.3 Å². The quantitative estimate of drug-likeness (QED) is 0.584. The van der Waals surface area contributed by atoms with E-state index in [1.54, 1.807) is 25.1 Å². The van der Waals surface area contributed by atoms with Crippen LogP contribution < -0.4 is 10.6 Å². The van der Waals surface area contributed by atoms with Gasteiger partial charge in [0.05, 0.1) is 24.6 Å². The van der Waals surface area contributed by atoms with Crippen molar-refractivity contribution in [2.45, 2.75) is 51.2 Å². The summed E-state index contributed by atoms with van der Waals surface area (Å²) in [5, 5.41) is 4.88. The standard InChI is InChI=1S/C22H23F3N2O4S/c1-2-31-20(29)18-14-10-6-7-11-16(14)32-19(18)27-17(28)12-15(13-8-4-3-5-9-13)26-21(30)22(23,24)25/h3-5,8-9,15H,2,6-7,10-12H2,1H3,(H,26,30)(H,27,28)/t15-/m1/s1. The summed E-state index contributed by atoms with van der Waals surface area (Å²) < 4.78 is 43.5. The molecule has 1 aromatic carbocycles. The molecule has 0 saturated carbocycles. The maximum Gasteiger partial charge on any atom is 0.471 e. The number of ether oxygens (including phenoxy) is 1. The minimum Gasteiger partial charge on any atom is -0.462 e. The molecule has 0 fully saturated rings. The lowest BCUT2D eigenvalue weighted by Crippen LogP contribution is -2.40. The van der Waals surface area contributed by atoms with Crippen molar-refractivity contribution in [1.29, 1.82) is 0 Å².